The second kappa shape index (κ2) is 7.81. The van der Waals surface area contributed by atoms with Crippen LogP contribution < -0.4 is 4.74 Å². The number of aliphatic hydroxyl groups is 4. The zero-order valence-electron chi connectivity index (χ0n) is 17.8. The minimum Gasteiger partial charge on any atom is -0.482 e. The molecule has 0 aromatic heterocycles. The Bertz CT molecular complexity index is 856. The Morgan fingerprint density at radius 1 is 1.13 bits per heavy atom. The molecule has 3 fully saturated rings. The van der Waals surface area contributed by atoms with Crippen molar-refractivity contribution in [1.29, 1.82) is 0 Å². The molecule has 9 atom stereocenters. The highest BCUT2D eigenvalue weighted by atomic mass is 16.7. The molecule has 1 aromatic rings. The summed E-state index contributed by atoms with van der Waals surface area (Å²) in [5.74, 6) is 2.44. The molecule has 4 aliphatic rings. The third-order valence-corrected chi connectivity index (χ3v) is 8.52. The zero-order chi connectivity index (χ0) is 21.9. The molecule has 5 rings (SSSR count). The van der Waals surface area contributed by atoms with Crippen LogP contribution in [0.3, 0.4) is 0 Å². The summed E-state index contributed by atoms with van der Waals surface area (Å²) in [6, 6.07) is 5.89. The third-order valence-electron chi connectivity index (χ3n) is 8.52. The monoisotopic (exact) mass is 432 g/mol. The summed E-state index contributed by atoms with van der Waals surface area (Å²) >= 11 is 0. The van der Waals surface area contributed by atoms with E-state index in [0.29, 0.717) is 29.3 Å². The van der Waals surface area contributed by atoms with E-state index in [4.69, 9.17) is 9.47 Å². The molecular weight excluding hydrogens is 400 g/mol. The van der Waals surface area contributed by atoms with Crippen molar-refractivity contribution >= 4 is 5.78 Å². The fourth-order valence-corrected chi connectivity index (χ4v) is 6.76. The molecule has 0 radical (unpaired) electrons. The molecule has 0 amide bonds. The first-order chi connectivity index (χ1) is 14.8. The Labute approximate surface area is 182 Å². The number of Topliss-reactive ketones (excluding diaryl/α,β-unsaturated/α-hetero) is 1. The van der Waals surface area contributed by atoms with Gasteiger partial charge in [-0.3, -0.25) is 4.79 Å². The van der Waals surface area contributed by atoms with Gasteiger partial charge in [0.2, 0.25) is 0 Å². The van der Waals surface area contributed by atoms with Gasteiger partial charge in [0, 0.05) is 11.8 Å². The maximum Gasteiger partial charge on any atom is 0.195 e. The highest BCUT2D eigenvalue weighted by Gasteiger charge is 2.54. The molecule has 1 aliphatic heterocycles. The lowest BCUT2D eigenvalue weighted by molar-refractivity contribution is -0.280. The van der Waals surface area contributed by atoms with Gasteiger partial charge < -0.3 is 29.9 Å². The fraction of sp³-hybridized carbons (Fsp3) is 0.708. The lowest BCUT2D eigenvalue weighted by Gasteiger charge is -2.48. The van der Waals surface area contributed by atoms with Gasteiger partial charge in [0.1, 0.15) is 29.8 Å². The molecule has 0 unspecified atom stereocenters. The number of benzene rings is 1. The van der Waals surface area contributed by atoms with Crippen molar-refractivity contribution in [2.24, 2.45) is 17.3 Å². The lowest BCUT2D eigenvalue weighted by atomic mass is 9.55. The first-order valence-electron chi connectivity index (χ1n) is 11.5. The standard InChI is InChI=1S/C24H32O7/c1-24-9-8-15-14-5-3-13(30-22-21(28)20(27)18(11-25)31-23(22)29)10-12(14)2-4-16(15)17(24)6-7-19(24)26/h3,5,10,15-18,20-23,25,27-29H,2,4,6-9,11H2,1H3/t15-,16-,17+,18-,20-,21+,22-,23-,24+/m1/s1. The van der Waals surface area contributed by atoms with E-state index in [1.807, 2.05) is 12.1 Å². The molecule has 1 heterocycles. The number of aryl methyl sites for hydroxylation is 1. The van der Waals surface area contributed by atoms with Gasteiger partial charge in [-0.05, 0) is 73.1 Å². The summed E-state index contributed by atoms with van der Waals surface area (Å²) in [6.07, 6.45) is -0.679. The molecule has 4 N–H and O–H groups in total. The fourth-order valence-electron chi connectivity index (χ4n) is 6.76. The smallest absolute Gasteiger partial charge is 0.195 e. The van der Waals surface area contributed by atoms with Crippen LogP contribution in [0.25, 0.3) is 0 Å². The summed E-state index contributed by atoms with van der Waals surface area (Å²) in [5, 5.41) is 39.8. The largest absolute Gasteiger partial charge is 0.482 e. The van der Waals surface area contributed by atoms with Gasteiger partial charge >= 0.3 is 0 Å². The van der Waals surface area contributed by atoms with Crippen molar-refractivity contribution in [2.45, 2.75) is 82.1 Å². The molecule has 1 aromatic carbocycles. The SMILES string of the molecule is C[C@]12CC[C@@H]3c4ccc(O[C@@H]5[C@@H](O)[C@H](O)[C@@H](CO)O[C@H]5O)cc4CC[C@H]3[C@@H]1CCC2=O. The third kappa shape index (κ3) is 3.33. The predicted octanol–water partition coefficient (Wildman–Crippen LogP) is 1.29. The van der Waals surface area contributed by atoms with Gasteiger partial charge in [-0.25, -0.2) is 0 Å². The number of rotatable bonds is 3. The van der Waals surface area contributed by atoms with E-state index in [9.17, 15) is 25.2 Å². The highest BCUT2D eigenvalue weighted by Crippen LogP contribution is 2.59. The van der Waals surface area contributed by atoms with E-state index < -0.39 is 37.3 Å². The normalized spacial score (nSPS) is 44.4. The second-order valence-electron chi connectivity index (χ2n) is 10.0. The Morgan fingerprint density at radius 2 is 1.94 bits per heavy atom. The quantitative estimate of drug-likeness (QED) is 0.569. The number of fused-ring (bicyclic) bond motifs is 5. The summed E-state index contributed by atoms with van der Waals surface area (Å²) in [5.41, 5.74) is 2.40. The first-order valence-corrected chi connectivity index (χ1v) is 11.5. The van der Waals surface area contributed by atoms with E-state index in [-0.39, 0.29) is 5.41 Å². The molecular formula is C24H32O7. The number of aliphatic hydroxyl groups excluding tert-OH is 4. The summed E-state index contributed by atoms with van der Waals surface area (Å²) in [4.78, 5) is 12.5. The molecule has 0 spiro atoms. The van der Waals surface area contributed by atoms with Gasteiger partial charge in [0.05, 0.1) is 6.61 Å². The van der Waals surface area contributed by atoms with Crippen molar-refractivity contribution in [1.82, 2.24) is 0 Å². The Kier molecular flexibility index (Phi) is 5.38. The van der Waals surface area contributed by atoms with E-state index in [1.54, 1.807) is 0 Å². The minimum atomic E-state index is -1.45. The Morgan fingerprint density at radius 3 is 2.71 bits per heavy atom. The topological polar surface area (TPSA) is 116 Å². The lowest BCUT2D eigenvalue weighted by Crippen LogP contribution is -2.60. The van der Waals surface area contributed by atoms with Gasteiger partial charge in [-0.15, -0.1) is 0 Å². The number of carbonyl (C=O) groups is 1. The van der Waals surface area contributed by atoms with Crippen LogP contribution in [0, 0.1) is 17.3 Å². The maximum absolute atomic E-state index is 12.5. The first kappa shape index (κ1) is 21.3. The minimum absolute atomic E-state index is 0.137. The molecule has 1 saturated heterocycles. The number of hydrogen-bond donors (Lipinski definition) is 4. The van der Waals surface area contributed by atoms with Crippen LogP contribution in [-0.2, 0) is 16.0 Å². The van der Waals surface area contributed by atoms with E-state index in [2.05, 4.69) is 13.0 Å². The maximum atomic E-state index is 12.5. The van der Waals surface area contributed by atoms with Crippen LogP contribution in [0.5, 0.6) is 5.75 Å². The number of carbonyl (C=O) groups excluding carboxylic acids is 1. The molecule has 2 saturated carbocycles. The van der Waals surface area contributed by atoms with Crippen LogP contribution in [-0.4, -0.2) is 63.5 Å². The second-order valence-corrected chi connectivity index (χ2v) is 10.0. The molecule has 7 nitrogen and oxygen atoms in total. The number of ether oxygens (including phenoxy) is 2. The van der Waals surface area contributed by atoms with Crippen LogP contribution >= 0.6 is 0 Å². The van der Waals surface area contributed by atoms with E-state index >= 15 is 0 Å². The Balaban J connectivity index is 1.34. The van der Waals surface area contributed by atoms with E-state index in [1.165, 1.54) is 11.1 Å². The van der Waals surface area contributed by atoms with Crippen molar-refractivity contribution in [2.75, 3.05) is 6.61 Å². The summed E-state index contributed by atoms with van der Waals surface area (Å²) in [7, 11) is 0. The predicted molar refractivity (Wildman–Crippen MR) is 110 cm³/mol. The number of hydrogen-bond acceptors (Lipinski definition) is 7. The molecule has 0 bridgehead atoms. The van der Waals surface area contributed by atoms with E-state index in [0.717, 1.165) is 38.5 Å². The average Bonchev–Trinajstić information content (AvgIpc) is 3.08. The van der Waals surface area contributed by atoms with Crippen LogP contribution in [0.4, 0.5) is 0 Å². The van der Waals surface area contributed by atoms with Crippen LogP contribution in [0.1, 0.15) is 56.1 Å². The van der Waals surface area contributed by atoms with Crippen molar-refractivity contribution in [3.63, 3.8) is 0 Å². The van der Waals surface area contributed by atoms with Crippen LogP contribution in [0.15, 0.2) is 18.2 Å². The molecule has 3 aliphatic carbocycles. The van der Waals surface area contributed by atoms with Gasteiger partial charge in [-0.1, -0.05) is 13.0 Å². The summed E-state index contributed by atoms with van der Waals surface area (Å²) < 4.78 is 11.0. The molecule has 31 heavy (non-hydrogen) atoms. The van der Waals surface area contributed by atoms with Gasteiger partial charge in [-0.2, -0.15) is 0 Å². The van der Waals surface area contributed by atoms with Crippen molar-refractivity contribution in [3.05, 3.63) is 29.3 Å². The Hall–Kier alpha value is -1.51. The van der Waals surface area contributed by atoms with Crippen molar-refractivity contribution in [3.8, 4) is 5.75 Å². The average molecular weight is 433 g/mol. The molecule has 170 valence electrons. The number of ketones is 1. The van der Waals surface area contributed by atoms with Crippen molar-refractivity contribution < 1.29 is 34.7 Å². The molecule has 7 heteroatoms. The van der Waals surface area contributed by atoms with Gasteiger partial charge in [0.15, 0.2) is 12.4 Å². The van der Waals surface area contributed by atoms with Gasteiger partial charge in [0.25, 0.3) is 0 Å². The zero-order valence-corrected chi connectivity index (χ0v) is 17.8. The highest BCUT2D eigenvalue weighted by molar-refractivity contribution is 5.87. The summed E-state index contributed by atoms with van der Waals surface area (Å²) in [6.45, 7) is 1.67. The van der Waals surface area contributed by atoms with Crippen LogP contribution in [0.2, 0.25) is 0 Å².